The molecular weight excluding hydrogens is 265 g/mol. The molecule has 5 nitrogen and oxygen atoms in total. The summed E-state index contributed by atoms with van der Waals surface area (Å²) in [6.07, 6.45) is 3.41. The van der Waals surface area contributed by atoms with Gasteiger partial charge in [-0.1, -0.05) is 26.7 Å². The lowest BCUT2D eigenvalue weighted by Gasteiger charge is -2.13. The summed E-state index contributed by atoms with van der Waals surface area (Å²) in [7, 11) is 0. The maximum Gasteiger partial charge on any atom is 0.308 e. The van der Waals surface area contributed by atoms with Crippen molar-refractivity contribution in [3.63, 3.8) is 0 Å². The van der Waals surface area contributed by atoms with Gasteiger partial charge < -0.3 is 9.47 Å². The predicted molar refractivity (Wildman–Crippen MR) is 73.9 cm³/mol. The summed E-state index contributed by atoms with van der Waals surface area (Å²) in [5.41, 5.74) is -0.598. The first kappa shape index (κ1) is 16.2. The van der Waals surface area contributed by atoms with E-state index in [2.05, 4.69) is 0 Å². The van der Waals surface area contributed by atoms with E-state index in [1.54, 1.807) is 0 Å². The monoisotopic (exact) mass is 285 g/mol. The Kier molecular flexibility index (Phi) is 6.76. The lowest BCUT2D eigenvalue weighted by atomic mass is 10.2. The highest BCUT2D eigenvalue weighted by molar-refractivity contribution is 5.50. The van der Waals surface area contributed by atoms with Gasteiger partial charge >= 0.3 is 5.69 Å². The number of unbranched alkanes of at least 4 members (excludes halogenated alkanes) is 2. The molecule has 0 fully saturated rings. The first-order valence-electron chi connectivity index (χ1n) is 6.84. The van der Waals surface area contributed by atoms with Crippen LogP contribution in [0.4, 0.5) is 10.1 Å². The molecule has 0 N–H and O–H groups in total. The third-order valence-corrected chi connectivity index (χ3v) is 2.74. The number of hydrogen-bond acceptors (Lipinski definition) is 4. The minimum absolute atomic E-state index is 0.163. The zero-order valence-electron chi connectivity index (χ0n) is 11.9. The number of nitro benzene ring substituents is 1. The Labute approximate surface area is 117 Å². The number of rotatable bonds is 9. The smallest absolute Gasteiger partial charge is 0.308 e. The molecule has 0 heterocycles. The van der Waals surface area contributed by atoms with E-state index in [4.69, 9.17) is 9.47 Å². The normalized spacial score (nSPS) is 10.3. The van der Waals surface area contributed by atoms with E-state index in [1.807, 2.05) is 13.8 Å². The van der Waals surface area contributed by atoms with E-state index in [0.29, 0.717) is 13.2 Å². The third kappa shape index (κ3) is 4.36. The van der Waals surface area contributed by atoms with Crippen molar-refractivity contribution < 1.29 is 18.8 Å². The fourth-order valence-corrected chi connectivity index (χ4v) is 1.56. The second-order valence-corrected chi connectivity index (χ2v) is 4.39. The molecular formula is C14H20FNO4. The Bertz CT molecular complexity index is 451. The van der Waals surface area contributed by atoms with Gasteiger partial charge in [-0.25, -0.2) is 0 Å². The van der Waals surface area contributed by atoms with E-state index in [1.165, 1.54) is 6.07 Å². The summed E-state index contributed by atoms with van der Waals surface area (Å²) in [4.78, 5) is 9.98. The summed E-state index contributed by atoms with van der Waals surface area (Å²) in [6.45, 7) is 4.72. The van der Waals surface area contributed by atoms with Crippen LogP contribution in [0.15, 0.2) is 12.1 Å². The Balaban J connectivity index is 2.96. The summed E-state index contributed by atoms with van der Waals surface area (Å²) in [5.74, 6) is -0.915. The zero-order chi connectivity index (χ0) is 15.0. The molecule has 0 unspecified atom stereocenters. The molecule has 0 atom stereocenters. The van der Waals surface area contributed by atoms with E-state index in [0.717, 1.165) is 31.7 Å². The molecule has 1 aromatic rings. The van der Waals surface area contributed by atoms with Crippen molar-refractivity contribution >= 4 is 5.69 Å². The molecule has 0 aliphatic heterocycles. The van der Waals surface area contributed by atoms with Gasteiger partial charge in [0.25, 0.3) is 0 Å². The van der Waals surface area contributed by atoms with E-state index < -0.39 is 16.4 Å². The van der Waals surface area contributed by atoms with Crippen LogP contribution in [-0.4, -0.2) is 18.1 Å². The van der Waals surface area contributed by atoms with Crippen LogP contribution in [0.25, 0.3) is 0 Å². The Hall–Kier alpha value is -1.85. The number of halogens is 1. The van der Waals surface area contributed by atoms with Crippen LogP contribution in [0, 0.1) is 15.9 Å². The highest BCUT2D eigenvalue weighted by Crippen LogP contribution is 2.36. The second-order valence-electron chi connectivity index (χ2n) is 4.39. The number of nitro groups is 1. The molecule has 0 spiro atoms. The molecule has 20 heavy (non-hydrogen) atoms. The molecule has 1 rings (SSSR count). The van der Waals surface area contributed by atoms with Gasteiger partial charge in [0.15, 0.2) is 5.75 Å². The van der Waals surface area contributed by atoms with Gasteiger partial charge in [-0.05, 0) is 18.9 Å². The first-order valence-corrected chi connectivity index (χ1v) is 6.84. The minimum Gasteiger partial charge on any atom is -0.490 e. The van der Waals surface area contributed by atoms with Crippen molar-refractivity contribution in [2.24, 2.45) is 0 Å². The SMILES string of the molecule is CCCCOc1ccc([N+](=O)[O-])c(F)c1OCCCC. The van der Waals surface area contributed by atoms with Crippen LogP contribution in [0.5, 0.6) is 11.5 Å². The molecule has 6 heteroatoms. The molecule has 0 amide bonds. The maximum atomic E-state index is 14.1. The van der Waals surface area contributed by atoms with Crippen molar-refractivity contribution in [3.8, 4) is 11.5 Å². The standard InChI is InChI=1S/C14H20FNO4/c1-3-5-9-19-12-8-7-11(16(17)18)13(15)14(12)20-10-6-4-2/h7-8H,3-6,9-10H2,1-2H3. The third-order valence-electron chi connectivity index (χ3n) is 2.74. The average Bonchev–Trinajstić information content (AvgIpc) is 2.41. The van der Waals surface area contributed by atoms with E-state index >= 15 is 0 Å². The van der Waals surface area contributed by atoms with Gasteiger partial charge in [-0.3, -0.25) is 10.1 Å². The van der Waals surface area contributed by atoms with Gasteiger partial charge in [0.2, 0.25) is 11.6 Å². The van der Waals surface area contributed by atoms with Crippen molar-refractivity contribution in [2.45, 2.75) is 39.5 Å². The van der Waals surface area contributed by atoms with Gasteiger partial charge in [0.1, 0.15) is 0 Å². The molecule has 0 aliphatic carbocycles. The quantitative estimate of drug-likeness (QED) is 0.389. The fourth-order valence-electron chi connectivity index (χ4n) is 1.56. The van der Waals surface area contributed by atoms with Crippen molar-refractivity contribution in [3.05, 3.63) is 28.1 Å². The van der Waals surface area contributed by atoms with Crippen LogP contribution in [0.3, 0.4) is 0 Å². The summed E-state index contributed by atoms with van der Waals surface area (Å²) < 4.78 is 24.8. The summed E-state index contributed by atoms with van der Waals surface area (Å²) in [6, 6.07) is 2.49. The summed E-state index contributed by atoms with van der Waals surface area (Å²) in [5, 5.41) is 10.7. The van der Waals surface area contributed by atoms with Gasteiger partial charge in [-0.2, -0.15) is 4.39 Å². The lowest BCUT2D eigenvalue weighted by molar-refractivity contribution is -0.387. The Morgan fingerprint density at radius 2 is 1.75 bits per heavy atom. The number of hydrogen-bond donors (Lipinski definition) is 0. The highest BCUT2D eigenvalue weighted by atomic mass is 19.1. The van der Waals surface area contributed by atoms with Crippen LogP contribution < -0.4 is 9.47 Å². The number of benzene rings is 1. The largest absolute Gasteiger partial charge is 0.490 e. The van der Waals surface area contributed by atoms with Crippen molar-refractivity contribution in [2.75, 3.05) is 13.2 Å². The van der Waals surface area contributed by atoms with Crippen molar-refractivity contribution in [1.29, 1.82) is 0 Å². The highest BCUT2D eigenvalue weighted by Gasteiger charge is 2.23. The molecule has 0 saturated heterocycles. The molecule has 0 saturated carbocycles. The fraction of sp³-hybridized carbons (Fsp3) is 0.571. The number of nitrogens with zero attached hydrogens (tertiary/aromatic N) is 1. The van der Waals surface area contributed by atoms with Gasteiger partial charge in [0.05, 0.1) is 18.1 Å². The Morgan fingerprint density at radius 1 is 1.15 bits per heavy atom. The van der Waals surface area contributed by atoms with E-state index in [-0.39, 0.29) is 11.5 Å². The Morgan fingerprint density at radius 3 is 2.30 bits per heavy atom. The zero-order valence-corrected chi connectivity index (χ0v) is 11.9. The van der Waals surface area contributed by atoms with Gasteiger partial charge in [0, 0.05) is 6.07 Å². The van der Waals surface area contributed by atoms with E-state index in [9.17, 15) is 14.5 Å². The predicted octanol–water partition coefficient (Wildman–Crippen LogP) is 4.09. The molecule has 112 valence electrons. The lowest BCUT2D eigenvalue weighted by Crippen LogP contribution is -2.05. The molecule has 0 aliphatic rings. The van der Waals surface area contributed by atoms with Crippen LogP contribution in [0.2, 0.25) is 0 Å². The molecule has 0 bridgehead atoms. The van der Waals surface area contributed by atoms with Crippen LogP contribution >= 0.6 is 0 Å². The molecule has 1 aromatic carbocycles. The summed E-state index contributed by atoms with van der Waals surface area (Å²) >= 11 is 0. The maximum absolute atomic E-state index is 14.1. The van der Waals surface area contributed by atoms with Crippen LogP contribution in [0.1, 0.15) is 39.5 Å². The number of ether oxygens (including phenoxy) is 2. The first-order chi connectivity index (χ1) is 9.61. The van der Waals surface area contributed by atoms with Crippen molar-refractivity contribution in [1.82, 2.24) is 0 Å². The topological polar surface area (TPSA) is 61.6 Å². The average molecular weight is 285 g/mol. The minimum atomic E-state index is -0.972. The van der Waals surface area contributed by atoms with Crippen LogP contribution in [-0.2, 0) is 0 Å². The van der Waals surface area contributed by atoms with Gasteiger partial charge in [-0.15, -0.1) is 0 Å². The second kappa shape index (κ2) is 8.35. The molecule has 0 radical (unpaired) electrons. The molecule has 0 aromatic heterocycles.